The molecule has 0 spiro atoms. The Bertz CT molecular complexity index is 459. The van der Waals surface area contributed by atoms with Crippen molar-refractivity contribution in [1.82, 2.24) is 9.80 Å². The largest absolute Gasteiger partial charge is 0.493 e. The number of hydrogen-bond donors (Lipinski definition) is 1. The van der Waals surface area contributed by atoms with Crippen molar-refractivity contribution in [2.24, 2.45) is 0 Å². The molecule has 0 aliphatic carbocycles. The SMILES string of the molecule is COc1ccc(CN(CCO)C2CCN(C)CC2)cc1OC. The number of piperidine rings is 1. The monoisotopic (exact) mass is 308 g/mol. The van der Waals surface area contributed by atoms with Gasteiger partial charge in [0.15, 0.2) is 11.5 Å². The third-order valence-electron chi connectivity index (χ3n) is 4.43. The number of rotatable bonds is 7. The van der Waals surface area contributed by atoms with Crippen LogP contribution in [0.1, 0.15) is 18.4 Å². The fourth-order valence-electron chi connectivity index (χ4n) is 3.09. The quantitative estimate of drug-likeness (QED) is 0.829. The Morgan fingerprint density at radius 1 is 1.18 bits per heavy atom. The summed E-state index contributed by atoms with van der Waals surface area (Å²) in [6, 6.07) is 6.58. The highest BCUT2D eigenvalue weighted by atomic mass is 16.5. The molecular weight excluding hydrogens is 280 g/mol. The number of likely N-dealkylation sites (tertiary alicyclic amines) is 1. The van der Waals surface area contributed by atoms with Crippen LogP contribution in [0.3, 0.4) is 0 Å². The maximum atomic E-state index is 9.38. The number of aliphatic hydroxyl groups excluding tert-OH is 1. The van der Waals surface area contributed by atoms with Crippen LogP contribution < -0.4 is 9.47 Å². The van der Waals surface area contributed by atoms with Gasteiger partial charge in [-0.3, -0.25) is 4.90 Å². The van der Waals surface area contributed by atoms with Gasteiger partial charge in [-0.2, -0.15) is 0 Å². The maximum absolute atomic E-state index is 9.38. The van der Waals surface area contributed by atoms with Gasteiger partial charge in [-0.25, -0.2) is 0 Å². The van der Waals surface area contributed by atoms with Crippen molar-refractivity contribution in [3.63, 3.8) is 0 Å². The minimum absolute atomic E-state index is 0.194. The minimum Gasteiger partial charge on any atom is -0.493 e. The van der Waals surface area contributed by atoms with Gasteiger partial charge in [-0.15, -0.1) is 0 Å². The summed E-state index contributed by atoms with van der Waals surface area (Å²) in [7, 11) is 5.47. The average Bonchev–Trinajstić information content (AvgIpc) is 2.55. The van der Waals surface area contributed by atoms with Gasteiger partial charge in [0.05, 0.1) is 20.8 Å². The lowest BCUT2D eigenvalue weighted by atomic mass is 10.0. The highest BCUT2D eigenvalue weighted by Crippen LogP contribution is 2.28. The van der Waals surface area contributed by atoms with E-state index >= 15 is 0 Å². The van der Waals surface area contributed by atoms with E-state index in [9.17, 15) is 5.11 Å². The lowest BCUT2D eigenvalue weighted by molar-refractivity contribution is 0.0940. The van der Waals surface area contributed by atoms with Crippen molar-refractivity contribution >= 4 is 0 Å². The molecule has 0 atom stereocenters. The number of benzene rings is 1. The molecule has 1 saturated heterocycles. The first-order valence-electron chi connectivity index (χ1n) is 7.92. The van der Waals surface area contributed by atoms with Crippen molar-refractivity contribution in [2.75, 3.05) is 47.5 Å². The second kappa shape index (κ2) is 8.36. The third-order valence-corrected chi connectivity index (χ3v) is 4.43. The van der Waals surface area contributed by atoms with Gasteiger partial charge in [-0.1, -0.05) is 6.07 Å². The van der Waals surface area contributed by atoms with E-state index in [1.54, 1.807) is 14.2 Å². The topological polar surface area (TPSA) is 45.2 Å². The molecule has 2 rings (SSSR count). The summed E-state index contributed by atoms with van der Waals surface area (Å²) in [5.41, 5.74) is 1.19. The molecule has 22 heavy (non-hydrogen) atoms. The molecule has 1 aliphatic heterocycles. The second-order valence-electron chi connectivity index (χ2n) is 5.92. The van der Waals surface area contributed by atoms with E-state index in [0.717, 1.165) is 44.0 Å². The molecule has 0 unspecified atom stereocenters. The maximum Gasteiger partial charge on any atom is 0.161 e. The van der Waals surface area contributed by atoms with E-state index in [2.05, 4.69) is 22.9 Å². The lowest BCUT2D eigenvalue weighted by Gasteiger charge is -2.37. The van der Waals surface area contributed by atoms with Gasteiger partial charge >= 0.3 is 0 Å². The summed E-state index contributed by atoms with van der Waals surface area (Å²) in [6.45, 7) is 3.98. The third kappa shape index (κ3) is 4.35. The highest BCUT2D eigenvalue weighted by molar-refractivity contribution is 5.42. The standard InChI is InChI=1S/C17H28N2O3/c1-18-8-6-15(7-9-18)19(10-11-20)13-14-4-5-16(21-2)17(12-14)22-3/h4-5,12,15,20H,6-11,13H2,1-3H3. The molecule has 1 heterocycles. The molecule has 0 aromatic heterocycles. The number of aliphatic hydroxyl groups is 1. The van der Waals surface area contributed by atoms with Gasteiger partial charge in [0.25, 0.3) is 0 Å². The molecule has 0 radical (unpaired) electrons. The molecule has 124 valence electrons. The number of nitrogens with zero attached hydrogens (tertiary/aromatic N) is 2. The summed E-state index contributed by atoms with van der Waals surface area (Å²) in [5, 5.41) is 9.38. The first kappa shape index (κ1) is 17.1. The Balaban J connectivity index is 2.07. The number of hydrogen-bond acceptors (Lipinski definition) is 5. The van der Waals surface area contributed by atoms with Gasteiger partial charge < -0.3 is 19.5 Å². The van der Waals surface area contributed by atoms with E-state index in [0.29, 0.717) is 12.6 Å². The van der Waals surface area contributed by atoms with Gasteiger partial charge in [0, 0.05) is 19.1 Å². The van der Waals surface area contributed by atoms with Gasteiger partial charge in [0.2, 0.25) is 0 Å². The van der Waals surface area contributed by atoms with Crippen molar-refractivity contribution in [2.45, 2.75) is 25.4 Å². The van der Waals surface area contributed by atoms with Crippen molar-refractivity contribution < 1.29 is 14.6 Å². The van der Waals surface area contributed by atoms with Crippen LogP contribution in [0.2, 0.25) is 0 Å². The zero-order valence-corrected chi connectivity index (χ0v) is 13.9. The zero-order chi connectivity index (χ0) is 15.9. The normalized spacial score (nSPS) is 17.0. The van der Waals surface area contributed by atoms with Crippen LogP contribution in [0.15, 0.2) is 18.2 Å². The van der Waals surface area contributed by atoms with Crippen LogP contribution in [0.5, 0.6) is 11.5 Å². The Morgan fingerprint density at radius 3 is 2.45 bits per heavy atom. The Labute approximate surface area is 133 Å². The van der Waals surface area contributed by atoms with Crippen molar-refractivity contribution in [1.29, 1.82) is 0 Å². The first-order chi connectivity index (χ1) is 10.7. The molecular formula is C17H28N2O3. The average molecular weight is 308 g/mol. The Hall–Kier alpha value is -1.30. The fourth-order valence-corrected chi connectivity index (χ4v) is 3.09. The fraction of sp³-hybridized carbons (Fsp3) is 0.647. The van der Waals surface area contributed by atoms with Gasteiger partial charge in [-0.05, 0) is 50.7 Å². The number of ether oxygens (including phenoxy) is 2. The molecule has 0 bridgehead atoms. The summed E-state index contributed by atoms with van der Waals surface area (Å²) in [4.78, 5) is 4.75. The molecule has 5 nitrogen and oxygen atoms in total. The smallest absolute Gasteiger partial charge is 0.161 e. The first-order valence-corrected chi connectivity index (χ1v) is 7.92. The highest BCUT2D eigenvalue weighted by Gasteiger charge is 2.23. The minimum atomic E-state index is 0.194. The van der Waals surface area contributed by atoms with E-state index in [-0.39, 0.29) is 6.61 Å². The summed E-state index contributed by atoms with van der Waals surface area (Å²) in [5.74, 6) is 1.51. The van der Waals surface area contributed by atoms with E-state index in [4.69, 9.17) is 9.47 Å². The molecule has 5 heteroatoms. The Kier molecular flexibility index (Phi) is 6.49. The molecule has 1 aromatic rings. The molecule has 0 amide bonds. The summed E-state index contributed by atoms with van der Waals surface area (Å²) in [6.07, 6.45) is 2.31. The van der Waals surface area contributed by atoms with Crippen LogP contribution in [0.25, 0.3) is 0 Å². The predicted molar refractivity (Wildman–Crippen MR) is 87.6 cm³/mol. The van der Waals surface area contributed by atoms with Crippen molar-refractivity contribution in [3.05, 3.63) is 23.8 Å². The molecule has 1 aromatic carbocycles. The van der Waals surface area contributed by atoms with Crippen LogP contribution in [0, 0.1) is 0 Å². The van der Waals surface area contributed by atoms with E-state index in [1.165, 1.54) is 5.56 Å². The second-order valence-corrected chi connectivity index (χ2v) is 5.92. The zero-order valence-electron chi connectivity index (χ0n) is 13.9. The van der Waals surface area contributed by atoms with E-state index < -0.39 is 0 Å². The van der Waals surface area contributed by atoms with Crippen LogP contribution in [0.4, 0.5) is 0 Å². The van der Waals surface area contributed by atoms with Crippen LogP contribution in [-0.2, 0) is 6.54 Å². The summed E-state index contributed by atoms with van der Waals surface area (Å²) < 4.78 is 10.7. The molecule has 1 N–H and O–H groups in total. The molecule has 1 aliphatic rings. The lowest BCUT2D eigenvalue weighted by Crippen LogP contribution is -2.44. The predicted octanol–water partition coefficient (Wildman–Crippen LogP) is 1.59. The van der Waals surface area contributed by atoms with Crippen LogP contribution in [-0.4, -0.2) is 68.5 Å². The molecule has 1 fully saturated rings. The van der Waals surface area contributed by atoms with Crippen molar-refractivity contribution in [3.8, 4) is 11.5 Å². The number of methoxy groups -OCH3 is 2. The summed E-state index contributed by atoms with van der Waals surface area (Å²) >= 11 is 0. The molecule has 0 saturated carbocycles. The Morgan fingerprint density at radius 2 is 1.86 bits per heavy atom. The van der Waals surface area contributed by atoms with Crippen LogP contribution >= 0.6 is 0 Å². The van der Waals surface area contributed by atoms with E-state index in [1.807, 2.05) is 12.1 Å². The van der Waals surface area contributed by atoms with Gasteiger partial charge in [0.1, 0.15) is 0 Å².